The second kappa shape index (κ2) is 9.09. The van der Waals surface area contributed by atoms with Crippen molar-refractivity contribution >= 4 is 41.7 Å². The van der Waals surface area contributed by atoms with E-state index in [9.17, 15) is 13.5 Å². The van der Waals surface area contributed by atoms with E-state index >= 15 is 0 Å². The predicted molar refractivity (Wildman–Crippen MR) is 110 cm³/mol. The van der Waals surface area contributed by atoms with Gasteiger partial charge in [-0.15, -0.1) is 0 Å². The second-order valence-electron chi connectivity index (χ2n) is 6.61. The number of benzene rings is 1. The van der Waals surface area contributed by atoms with Gasteiger partial charge in [0, 0.05) is 17.1 Å². The molecule has 2 heterocycles. The van der Waals surface area contributed by atoms with E-state index in [0.717, 1.165) is 4.47 Å². The molecule has 0 aliphatic carbocycles. The summed E-state index contributed by atoms with van der Waals surface area (Å²) in [6.45, 7) is 0.857. The van der Waals surface area contributed by atoms with Crippen molar-refractivity contribution < 1.29 is 22.7 Å². The van der Waals surface area contributed by atoms with Crippen LogP contribution < -0.4 is 4.74 Å². The first kappa shape index (κ1) is 20.9. The normalized spacial score (nSPS) is 20.1. The topological polar surface area (TPSA) is 80.0 Å². The van der Waals surface area contributed by atoms with Crippen LogP contribution in [0.4, 0.5) is 0 Å². The molecule has 1 aromatic carbocycles. The summed E-state index contributed by atoms with van der Waals surface area (Å²) in [6.07, 6.45) is -0.194. The number of aliphatic hydroxyl groups is 1. The average molecular weight is 523 g/mol. The first-order chi connectivity index (χ1) is 12.8. The zero-order chi connectivity index (χ0) is 19.4. The van der Waals surface area contributed by atoms with Gasteiger partial charge in [-0.25, -0.2) is 8.42 Å². The molecule has 1 N–H and O–H groups in total. The fourth-order valence-corrected chi connectivity index (χ4v) is 5.46. The molecule has 2 atom stereocenters. The number of hydrogen-bond acceptors (Lipinski definition) is 6. The van der Waals surface area contributed by atoms with Gasteiger partial charge >= 0.3 is 0 Å². The zero-order valence-corrected chi connectivity index (χ0v) is 18.5. The minimum atomic E-state index is -3.02. The number of aliphatic hydroxyl groups excluding tert-OH is 1. The Kier molecular flexibility index (Phi) is 7.02. The Morgan fingerprint density at radius 2 is 1.96 bits per heavy atom. The Balaban J connectivity index is 1.61. The van der Waals surface area contributed by atoms with Gasteiger partial charge < -0.3 is 14.3 Å². The number of nitrogens with zero attached hydrogens (tertiary/aromatic N) is 1. The minimum absolute atomic E-state index is 0.106. The van der Waals surface area contributed by atoms with Crippen LogP contribution in [-0.4, -0.2) is 55.2 Å². The quantitative estimate of drug-likeness (QED) is 0.573. The Bertz CT molecular complexity index is 853. The van der Waals surface area contributed by atoms with Crippen LogP contribution in [0.2, 0.25) is 0 Å². The van der Waals surface area contributed by atoms with Crippen LogP contribution in [0.25, 0.3) is 0 Å². The third kappa shape index (κ3) is 6.32. The van der Waals surface area contributed by atoms with E-state index in [2.05, 4.69) is 31.9 Å². The molecule has 1 saturated heterocycles. The molecule has 0 amide bonds. The number of sulfone groups is 1. The molecule has 27 heavy (non-hydrogen) atoms. The number of halogens is 2. The number of furan rings is 1. The van der Waals surface area contributed by atoms with Gasteiger partial charge in [0.25, 0.3) is 0 Å². The fraction of sp³-hybridized carbons (Fsp3) is 0.444. The van der Waals surface area contributed by atoms with Crippen LogP contribution in [0, 0.1) is 0 Å². The molecule has 1 fully saturated rings. The predicted octanol–water partition coefficient (Wildman–Crippen LogP) is 3.23. The maximum atomic E-state index is 11.9. The summed E-state index contributed by atoms with van der Waals surface area (Å²) in [7, 11) is -3.02. The first-order valence-corrected chi connectivity index (χ1v) is 12.0. The largest absolute Gasteiger partial charge is 0.491 e. The summed E-state index contributed by atoms with van der Waals surface area (Å²) >= 11 is 6.64. The molecule has 0 saturated carbocycles. The molecule has 148 valence electrons. The van der Waals surface area contributed by atoms with E-state index in [1.54, 1.807) is 6.07 Å². The van der Waals surface area contributed by atoms with Crippen molar-refractivity contribution in [1.82, 2.24) is 4.90 Å². The average Bonchev–Trinajstić information content (AvgIpc) is 3.18. The number of rotatable bonds is 8. The third-order valence-electron chi connectivity index (χ3n) is 4.41. The Morgan fingerprint density at radius 3 is 2.56 bits per heavy atom. The molecule has 2 unspecified atom stereocenters. The highest BCUT2D eigenvalue weighted by atomic mass is 79.9. The molecule has 0 radical (unpaired) electrons. The van der Waals surface area contributed by atoms with Crippen LogP contribution >= 0.6 is 31.9 Å². The Morgan fingerprint density at radius 1 is 1.22 bits per heavy atom. The number of ether oxygens (including phenoxy) is 1. The lowest BCUT2D eigenvalue weighted by Gasteiger charge is -2.29. The molecule has 1 aliphatic rings. The van der Waals surface area contributed by atoms with Gasteiger partial charge in [-0.1, -0.05) is 15.9 Å². The molecule has 3 rings (SSSR count). The summed E-state index contributed by atoms with van der Waals surface area (Å²) in [5.41, 5.74) is 0. The van der Waals surface area contributed by atoms with Crippen LogP contribution in [0.15, 0.2) is 50.0 Å². The maximum absolute atomic E-state index is 11.9. The highest BCUT2D eigenvalue weighted by Gasteiger charge is 2.33. The van der Waals surface area contributed by atoms with Crippen molar-refractivity contribution in [2.75, 3.05) is 24.7 Å². The van der Waals surface area contributed by atoms with Crippen molar-refractivity contribution in [2.45, 2.75) is 25.1 Å². The molecule has 1 aliphatic heterocycles. The lowest BCUT2D eigenvalue weighted by molar-refractivity contribution is 0.0496. The minimum Gasteiger partial charge on any atom is -0.491 e. The smallest absolute Gasteiger partial charge is 0.169 e. The monoisotopic (exact) mass is 521 g/mol. The molecule has 9 heteroatoms. The second-order valence-corrected chi connectivity index (χ2v) is 10.5. The van der Waals surface area contributed by atoms with Crippen LogP contribution in [0.1, 0.15) is 12.2 Å². The fourth-order valence-electron chi connectivity index (χ4n) is 3.09. The van der Waals surface area contributed by atoms with E-state index in [4.69, 9.17) is 9.15 Å². The standard InChI is InChI=1S/C18H21Br2NO5S/c19-13-1-3-16(4-2-13)25-11-15(22)9-21(10-17-5-6-18(20)26-17)14-7-8-27(23,24)12-14/h1-6,14-15,22H,7-12H2. The van der Waals surface area contributed by atoms with Crippen LogP contribution in [-0.2, 0) is 16.4 Å². The van der Waals surface area contributed by atoms with E-state index in [1.807, 2.05) is 35.2 Å². The molecule has 6 nitrogen and oxygen atoms in total. The van der Waals surface area contributed by atoms with Gasteiger partial charge in [-0.05, 0) is 58.7 Å². The highest BCUT2D eigenvalue weighted by molar-refractivity contribution is 9.10. The van der Waals surface area contributed by atoms with E-state index in [-0.39, 0.29) is 24.2 Å². The van der Waals surface area contributed by atoms with Gasteiger partial charge in [0.2, 0.25) is 0 Å². The zero-order valence-electron chi connectivity index (χ0n) is 14.6. The molecule has 0 bridgehead atoms. The van der Waals surface area contributed by atoms with Crippen LogP contribution in [0.5, 0.6) is 5.75 Å². The van der Waals surface area contributed by atoms with Gasteiger partial charge in [0.1, 0.15) is 24.2 Å². The highest BCUT2D eigenvalue weighted by Crippen LogP contribution is 2.23. The van der Waals surface area contributed by atoms with Gasteiger partial charge in [-0.3, -0.25) is 4.90 Å². The molecule has 1 aromatic heterocycles. The van der Waals surface area contributed by atoms with Crippen molar-refractivity contribution in [3.05, 3.63) is 51.3 Å². The van der Waals surface area contributed by atoms with Crippen LogP contribution in [0.3, 0.4) is 0 Å². The first-order valence-electron chi connectivity index (χ1n) is 8.56. The van der Waals surface area contributed by atoms with E-state index in [1.165, 1.54) is 0 Å². The van der Waals surface area contributed by atoms with Crippen molar-refractivity contribution in [3.63, 3.8) is 0 Å². The summed E-state index contributed by atoms with van der Waals surface area (Å²) in [4.78, 5) is 1.96. The maximum Gasteiger partial charge on any atom is 0.169 e. The van der Waals surface area contributed by atoms with Gasteiger partial charge in [0.05, 0.1) is 18.1 Å². The summed E-state index contributed by atoms with van der Waals surface area (Å²) in [5.74, 6) is 1.67. The Labute approximate surface area is 175 Å². The molecule has 0 spiro atoms. The molecular weight excluding hydrogens is 502 g/mol. The van der Waals surface area contributed by atoms with Gasteiger partial charge in [-0.2, -0.15) is 0 Å². The third-order valence-corrected chi connectivity index (χ3v) is 7.12. The van der Waals surface area contributed by atoms with E-state index < -0.39 is 15.9 Å². The van der Waals surface area contributed by atoms with Crippen molar-refractivity contribution in [2.24, 2.45) is 0 Å². The molecular formula is C18H21Br2NO5S. The van der Waals surface area contributed by atoms with Gasteiger partial charge in [0.15, 0.2) is 14.5 Å². The summed E-state index contributed by atoms with van der Waals surface area (Å²) in [6, 6.07) is 10.9. The Hall–Kier alpha value is -0.870. The lowest BCUT2D eigenvalue weighted by atomic mass is 10.2. The summed E-state index contributed by atoms with van der Waals surface area (Å²) < 4.78 is 36.5. The summed E-state index contributed by atoms with van der Waals surface area (Å²) in [5, 5.41) is 10.4. The number of hydrogen-bond donors (Lipinski definition) is 1. The molecule has 2 aromatic rings. The van der Waals surface area contributed by atoms with Crippen molar-refractivity contribution in [1.29, 1.82) is 0 Å². The van der Waals surface area contributed by atoms with E-state index in [0.29, 0.717) is 35.7 Å². The van der Waals surface area contributed by atoms with Crippen molar-refractivity contribution in [3.8, 4) is 5.75 Å². The SMILES string of the molecule is O=S1(=O)CCC(N(Cc2ccc(Br)o2)CC(O)COc2ccc(Br)cc2)C1. The lowest BCUT2D eigenvalue weighted by Crippen LogP contribution is -2.42.